The summed E-state index contributed by atoms with van der Waals surface area (Å²) in [6.07, 6.45) is 1.81. The first-order valence-corrected chi connectivity index (χ1v) is 7.03. The quantitative estimate of drug-likeness (QED) is 0.869. The van der Waals surface area contributed by atoms with Gasteiger partial charge >= 0.3 is 0 Å². The molecule has 6 nitrogen and oxygen atoms in total. The standard InChI is InChI=1S/C15H20FN5O/c1-11-10-21(19-18-11)8-7-17-15(22)14(20(2)3)12-5-4-6-13(16)9-12/h4-6,9-10,14H,7-8H2,1-3H3,(H,17,22). The molecule has 1 heterocycles. The average molecular weight is 305 g/mol. The van der Waals surface area contributed by atoms with E-state index in [4.69, 9.17) is 0 Å². The Balaban J connectivity index is 1.98. The Morgan fingerprint density at radius 2 is 2.23 bits per heavy atom. The van der Waals surface area contributed by atoms with Crippen LogP contribution in [0.15, 0.2) is 30.5 Å². The van der Waals surface area contributed by atoms with Gasteiger partial charge in [-0.15, -0.1) is 5.10 Å². The van der Waals surface area contributed by atoms with Crippen molar-refractivity contribution in [2.75, 3.05) is 20.6 Å². The number of carbonyl (C=O) groups excluding carboxylic acids is 1. The van der Waals surface area contributed by atoms with Gasteiger partial charge in [-0.05, 0) is 38.7 Å². The maximum absolute atomic E-state index is 13.4. The van der Waals surface area contributed by atoms with Gasteiger partial charge in [-0.25, -0.2) is 4.39 Å². The van der Waals surface area contributed by atoms with Gasteiger partial charge in [-0.1, -0.05) is 17.3 Å². The molecular formula is C15H20FN5O. The van der Waals surface area contributed by atoms with Crippen molar-refractivity contribution >= 4 is 5.91 Å². The molecule has 1 unspecified atom stereocenters. The van der Waals surface area contributed by atoms with Gasteiger partial charge in [0.05, 0.1) is 12.2 Å². The molecule has 2 rings (SSSR count). The van der Waals surface area contributed by atoms with Crippen molar-refractivity contribution in [2.24, 2.45) is 0 Å². The van der Waals surface area contributed by atoms with Gasteiger partial charge in [0.2, 0.25) is 5.91 Å². The summed E-state index contributed by atoms with van der Waals surface area (Å²) in [7, 11) is 3.58. The molecule has 2 aromatic rings. The smallest absolute Gasteiger partial charge is 0.242 e. The molecule has 0 bridgehead atoms. The highest BCUT2D eigenvalue weighted by molar-refractivity contribution is 5.83. The number of halogens is 1. The number of aromatic nitrogens is 3. The fourth-order valence-electron chi connectivity index (χ4n) is 2.26. The van der Waals surface area contributed by atoms with E-state index < -0.39 is 6.04 Å². The zero-order valence-electron chi connectivity index (χ0n) is 13.0. The van der Waals surface area contributed by atoms with Gasteiger partial charge < -0.3 is 5.32 Å². The maximum atomic E-state index is 13.4. The van der Waals surface area contributed by atoms with Gasteiger partial charge in [0.25, 0.3) is 0 Å². The second kappa shape index (κ2) is 7.13. The Morgan fingerprint density at radius 1 is 1.45 bits per heavy atom. The predicted octanol–water partition coefficient (Wildman–Crippen LogP) is 1.14. The summed E-state index contributed by atoms with van der Waals surface area (Å²) in [6, 6.07) is 5.56. The van der Waals surface area contributed by atoms with Crippen molar-refractivity contribution in [1.82, 2.24) is 25.2 Å². The summed E-state index contributed by atoms with van der Waals surface area (Å²) in [5.41, 5.74) is 1.45. The number of likely N-dealkylation sites (N-methyl/N-ethyl adjacent to an activating group) is 1. The monoisotopic (exact) mass is 305 g/mol. The van der Waals surface area contributed by atoms with E-state index in [1.807, 2.05) is 13.1 Å². The second-order valence-electron chi connectivity index (χ2n) is 5.34. The van der Waals surface area contributed by atoms with E-state index in [-0.39, 0.29) is 11.7 Å². The fraction of sp³-hybridized carbons (Fsp3) is 0.400. The minimum Gasteiger partial charge on any atom is -0.353 e. The first kappa shape index (κ1) is 16.1. The molecule has 1 amide bonds. The average Bonchev–Trinajstić information content (AvgIpc) is 2.84. The first-order valence-electron chi connectivity index (χ1n) is 7.03. The van der Waals surface area contributed by atoms with Crippen LogP contribution in [-0.4, -0.2) is 46.4 Å². The topological polar surface area (TPSA) is 63.1 Å². The lowest BCUT2D eigenvalue weighted by Crippen LogP contribution is -2.38. The van der Waals surface area contributed by atoms with Crippen LogP contribution in [0.1, 0.15) is 17.3 Å². The highest BCUT2D eigenvalue weighted by Gasteiger charge is 2.22. The lowest BCUT2D eigenvalue weighted by atomic mass is 10.1. The molecule has 22 heavy (non-hydrogen) atoms. The van der Waals surface area contributed by atoms with Crippen LogP contribution in [0.4, 0.5) is 4.39 Å². The lowest BCUT2D eigenvalue weighted by molar-refractivity contribution is -0.125. The van der Waals surface area contributed by atoms with Crippen molar-refractivity contribution in [2.45, 2.75) is 19.5 Å². The third kappa shape index (κ3) is 4.11. The number of nitrogens with zero attached hydrogens (tertiary/aromatic N) is 4. The van der Waals surface area contributed by atoms with E-state index in [0.29, 0.717) is 18.7 Å². The molecule has 1 aromatic carbocycles. The van der Waals surface area contributed by atoms with Crippen LogP contribution in [0, 0.1) is 12.7 Å². The largest absolute Gasteiger partial charge is 0.353 e. The molecule has 0 aliphatic carbocycles. The maximum Gasteiger partial charge on any atom is 0.242 e. The van der Waals surface area contributed by atoms with Crippen LogP contribution >= 0.6 is 0 Å². The van der Waals surface area contributed by atoms with E-state index in [1.165, 1.54) is 12.1 Å². The number of hydrogen-bond donors (Lipinski definition) is 1. The number of amides is 1. The molecule has 0 aliphatic heterocycles. The third-order valence-corrected chi connectivity index (χ3v) is 3.22. The summed E-state index contributed by atoms with van der Waals surface area (Å²) in [5.74, 6) is -0.525. The highest BCUT2D eigenvalue weighted by Crippen LogP contribution is 2.19. The van der Waals surface area contributed by atoms with E-state index in [2.05, 4.69) is 15.6 Å². The summed E-state index contributed by atoms with van der Waals surface area (Å²) in [4.78, 5) is 14.1. The molecule has 0 saturated heterocycles. The molecule has 1 aromatic heterocycles. The molecule has 0 fully saturated rings. The van der Waals surface area contributed by atoms with Crippen LogP contribution in [0.5, 0.6) is 0 Å². The normalized spacial score (nSPS) is 12.4. The fourth-order valence-corrected chi connectivity index (χ4v) is 2.26. The van der Waals surface area contributed by atoms with Gasteiger partial charge in [-0.3, -0.25) is 14.4 Å². The molecule has 0 saturated carbocycles. The van der Waals surface area contributed by atoms with Crippen LogP contribution < -0.4 is 5.32 Å². The molecule has 0 aliphatic rings. The number of carbonyl (C=O) groups is 1. The van der Waals surface area contributed by atoms with Crippen LogP contribution in [0.25, 0.3) is 0 Å². The van der Waals surface area contributed by atoms with E-state index >= 15 is 0 Å². The van der Waals surface area contributed by atoms with Gasteiger partial charge in [0, 0.05) is 12.7 Å². The van der Waals surface area contributed by atoms with Crippen molar-refractivity contribution < 1.29 is 9.18 Å². The Labute approximate surface area is 128 Å². The van der Waals surface area contributed by atoms with E-state index in [1.54, 1.807) is 35.8 Å². The number of rotatable bonds is 6. The Bertz CT molecular complexity index is 640. The van der Waals surface area contributed by atoms with Gasteiger partial charge in [0.1, 0.15) is 11.9 Å². The first-order chi connectivity index (χ1) is 10.5. The predicted molar refractivity (Wildman–Crippen MR) is 80.6 cm³/mol. The number of nitrogens with one attached hydrogen (secondary N) is 1. The Morgan fingerprint density at radius 3 is 2.82 bits per heavy atom. The zero-order valence-corrected chi connectivity index (χ0v) is 13.0. The van der Waals surface area contributed by atoms with E-state index in [9.17, 15) is 9.18 Å². The zero-order chi connectivity index (χ0) is 16.1. The molecule has 1 atom stereocenters. The second-order valence-corrected chi connectivity index (χ2v) is 5.34. The van der Waals surface area contributed by atoms with Crippen molar-refractivity contribution in [1.29, 1.82) is 0 Å². The minimum atomic E-state index is -0.534. The Kier molecular flexibility index (Phi) is 5.21. The third-order valence-electron chi connectivity index (χ3n) is 3.22. The summed E-state index contributed by atoms with van der Waals surface area (Å²) in [5, 5.41) is 10.7. The number of hydrogen-bond acceptors (Lipinski definition) is 4. The van der Waals surface area contributed by atoms with Crippen molar-refractivity contribution in [3.8, 4) is 0 Å². The van der Waals surface area contributed by atoms with Crippen molar-refractivity contribution in [3.63, 3.8) is 0 Å². The molecule has 0 spiro atoms. The molecule has 1 N–H and O–H groups in total. The van der Waals surface area contributed by atoms with Gasteiger partial charge in [-0.2, -0.15) is 0 Å². The number of benzene rings is 1. The molecule has 0 radical (unpaired) electrons. The summed E-state index contributed by atoms with van der Waals surface area (Å²) >= 11 is 0. The molecule has 7 heteroatoms. The van der Waals surface area contributed by atoms with E-state index in [0.717, 1.165) is 5.69 Å². The molecule has 118 valence electrons. The summed E-state index contributed by atoms with van der Waals surface area (Å²) in [6.45, 7) is 2.82. The molecular weight excluding hydrogens is 285 g/mol. The SMILES string of the molecule is Cc1cn(CCNC(=O)C(c2cccc(F)c2)N(C)C)nn1. The van der Waals surface area contributed by atoms with Crippen molar-refractivity contribution in [3.05, 3.63) is 47.5 Å². The number of aryl methyl sites for hydroxylation is 1. The van der Waals surface area contributed by atoms with Crippen LogP contribution in [0.3, 0.4) is 0 Å². The lowest BCUT2D eigenvalue weighted by Gasteiger charge is -2.23. The minimum absolute atomic E-state index is 0.174. The highest BCUT2D eigenvalue weighted by atomic mass is 19.1. The van der Waals surface area contributed by atoms with Gasteiger partial charge in [0.15, 0.2) is 0 Å². The van der Waals surface area contributed by atoms with Crippen LogP contribution in [0.2, 0.25) is 0 Å². The summed E-state index contributed by atoms with van der Waals surface area (Å²) < 4.78 is 15.0. The Hall–Kier alpha value is -2.28. The van der Waals surface area contributed by atoms with Crippen LogP contribution in [-0.2, 0) is 11.3 Å².